The molecule has 12 amide bonds. The van der Waals surface area contributed by atoms with Crippen LogP contribution in [0.15, 0.2) is 218 Å². The Kier molecular flexibility index (Phi) is 18.1. The SMILES string of the molecule is CCC(COCC(C)N1C(=O)c2ccc3c4ccc5c6c(ccc(c7ccc(c2c37)C1=O)c64)C(=O)N(c1cccc(C(F)(F)F)c1)C5=O)(COCC(C)N1C(=O)c2ccc3c4ccc5c6c(ccc(c7ccc(c2c37)C1=O)c64)C(=O)N(c1cccc(C(F)(F)F)c1)C5=O)COCC(C)N1C(=O)c2ccc3c4ccc5c6c(ccc(c7ccc(c2c37)C1=O)c64)C(=O)N(c1cccc(C(F)(F)F)c1)C5=O. The molecule has 21 nitrogen and oxygen atoms in total. The highest BCUT2D eigenvalue weighted by molar-refractivity contribution is 6.48. The van der Waals surface area contributed by atoms with Crippen LogP contribution in [0.5, 0.6) is 0 Å². The topological polar surface area (TPSA) is 252 Å². The second-order valence-electron chi connectivity index (χ2n) is 36.3. The van der Waals surface area contributed by atoms with Crippen LogP contribution in [0.4, 0.5) is 56.6 Å². The first-order valence-corrected chi connectivity index (χ1v) is 44.2. The van der Waals surface area contributed by atoms with Gasteiger partial charge in [-0.25, -0.2) is 14.7 Å². The van der Waals surface area contributed by atoms with Crippen molar-refractivity contribution in [1.29, 1.82) is 0 Å². The van der Waals surface area contributed by atoms with Crippen LogP contribution in [0.25, 0.3) is 129 Å². The second kappa shape index (κ2) is 29.5. The van der Waals surface area contributed by atoms with Crippen molar-refractivity contribution in [3.8, 4) is 0 Å². The fraction of sp³-hybridized carbons (Fsp3) is 0.167. The van der Waals surface area contributed by atoms with Crippen molar-refractivity contribution in [3.05, 3.63) is 302 Å². The summed E-state index contributed by atoms with van der Waals surface area (Å²) in [6.07, 6.45) is -14.1. The normalized spacial score (nSPS) is 16.5. The molecular formula is C108H65F9N6O15. The number of fused-ring (bicyclic) bond motifs is 6. The number of imide groups is 6. The molecule has 0 spiro atoms. The fourth-order valence-electron chi connectivity index (χ4n) is 22.2. The maximum Gasteiger partial charge on any atom is 0.416 e. The zero-order valence-electron chi connectivity index (χ0n) is 72.7. The summed E-state index contributed by atoms with van der Waals surface area (Å²) in [5, 5.41) is 12.0. The summed E-state index contributed by atoms with van der Waals surface area (Å²) < 4.78 is 146. The monoisotopic (exact) mass is 1860 g/mol. The summed E-state index contributed by atoms with van der Waals surface area (Å²) >= 11 is 0. The van der Waals surface area contributed by atoms with Crippen LogP contribution in [-0.4, -0.2) is 143 Å². The number of alkyl halides is 9. The number of nitrogens with zero attached hydrogens (tertiary/aromatic N) is 6. The Morgan fingerprint density at radius 2 is 0.399 bits per heavy atom. The predicted molar refractivity (Wildman–Crippen MR) is 496 cm³/mol. The molecule has 18 aromatic rings. The Bertz CT molecular complexity index is 7650. The molecule has 138 heavy (non-hydrogen) atoms. The standard InChI is InChI=1S/C108H65F9N6O15/c1-5-105(45-136-42-48(2)118-93(124)69-27-15-57-63-21-33-75-90-76(100(131)121(99(75)130)54-12-6-9-51(39-54)106(109,110)111)34-22-64(84(63)90)58-16-28-70(94(118)125)87(69)81(57)58,46-137-43-49(3)119-95(126)71-29-17-59-65-23-35-77-91-78(102(133)122(101(77)132)55-13-7-10-52(40-55)107(112,113)114)36-24-66(85(65)91)60-18-30-72(96(119)127)88(71)82(59)60)47-138-44-50(4)120-97(128)73-31-19-61-67-25-37-79-92-80(104(135)123(103(79)134)56-14-8-11-53(41-56)108(115,116)117)38-26-68(86(67)92)62-20-32-74(98(120)129)89(73)83(61)62/h6-41,48-50H,5,42-47H2,1-4H3. The molecule has 6 heterocycles. The molecule has 18 aromatic carbocycles. The number of carbonyl (C=O) groups is 12. The summed E-state index contributed by atoms with van der Waals surface area (Å²) in [6.45, 7) is 5.38. The molecule has 680 valence electrons. The first-order valence-electron chi connectivity index (χ1n) is 44.2. The van der Waals surface area contributed by atoms with Gasteiger partial charge in [0.1, 0.15) is 0 Å². The molecule has 0 N–H and O–H groups in total. The first-order chi connectivity index (χ1) is 66.1. The lowest BCUT2D eigenvalue weighted by Crippen LogP contribution is -2.49. The summed E-state index contributed by atoms with van der Waals surface area (Å²) in [7, 11) is 0. The van der Waals surface area contributed by atoms with Gasteiger partial charge in [0.15, 0.2) is 0 Å². The van der Waals surface area contributed by atoms with E-state index in [-0.39, 0.29) is 146 Å². The molecule has 0 bridgehead atoms. The van der Waals surface area contributed by atoms with Crippen molar-refractivity contribution >= 4 is 217 Å². The van der Waals surface area contributed by atoms with Crippen molar-refractivity contribution in [3.63, 3.8) is 0 Å². The van der Waals surface area contributed by atoms with Crippen LogP contribution < -0.4 is 14.7 Å². The van der Waals surface area contributed by atoms with Crippen LogP contribution >= 0.6 is 0 Å². The zero-order chi connectivity index (χ0) is 95.9. The molecule has 30 heteroatoms. The second-order valence-corrected chi connectivity index (χ2v) is 36.3. The van der Waals surface area contributed by atoms with Crippen molar-refractivity contribution in [2.45, 2.75) is 70.8 Å². The minimum atomic E-state index is -4.77. The highest BCUT2D eigenvalue weighted by Crippen LogP contribution is 2.54. The molecule has 0 saturated carbocycles. The predicted octanol–water partition coefficient (Wildman–Crippen LogP) is 22.1. The molecule has 3 unspecified atom stereocenters. The van der Waals surface area contributed by atoms with E-state index in [2.05, 4.69) is 0 Å². The molecule has 6 aliphatic heterocycles. The lowest BCUT2D eigenvalue weighted by atomic mass is 9.82. The van der Waals surface area contributed by atoms with E-state index in [9.17, 15) is 68.3 Å². The summed E-state index contributed by atoms with van der Waals surface area (Å²) in [5.74, 6) is -8.93. The van der Waals surface area contributed by atoms with Gasteiger partial charge in [0.2, 0.25) is 0 Å². The molecular weight excluding hydrogens is 1790 g/mol. The number of ether oxygens (including phenoxy) is 3. The van der Waals surface area contributed by atoms with E-state index in [0.717, 1.165) is 84.0 Å². The maximum atomic E-state index is 15.2. The largest absolute Gasteiger partial charge is 0.416 e. The molecule has 24 rings (SSSR count). The summed E-state index contributed by atoms with van der Waals surface area (Å²) in [6, 6.07) is 48.0. The number of hydrogen-bond acceptors (Lipinski definition) is 15. The third kappa shape index (κ3) is 11.8. The van der Waals surface area contributed by atoms with Gasteiger partial charge in [0, 0.05) is 104 Å². The third-order valence-electron chi connectivity index (χ3n) is 28.7. The molecule has 0 aliphatic carbocycles. The Morgan fingerprint density at radius 1 is 0.232 bits per heavy atom. The van der Waals surface area contributed by atoms with E-state index >= 15 is 28.8 Å². The van der Waals surface area contributed by atoms with Crippen LogP contribution in [0.3, 0.4) is 0 Å². The van der Waals surface area contributed by atoms with Gasteiger partial charge in [-0.15, -0.1) is 0 Å². The van der Waals surface area contributed by atoms with Crippen LogP contribution in [0.1, 0.15) is 175 Å². The highest BCUT2D eigenvalue weighted by atomic mass is 19.4. The van der Waals surface area contributed by atoms with Crippen LogP contribution in [0.2, 0.25) is 0 Å². The van der Waals surface area contributed by atoms with Gasteiger partial charge in [-0.05, 0) is 252 Å². The highest BCUT2D eigenvalue weighted by Gasteiger charge is 2.48. The summed E-state index contributed by atoms with van der Waals surface area (Å²) in [4.78, 5) is 183. The number of halogens is 9. The maximum absolute atomic E-state index is 15.2. The smallest absolute Gasteiger partial charge is 0.379 e. The number of carbonyl (C=O) groups excluding carboxylic acids is 12. The van der Waals surface area contributed by atoms with Gasteiger partial charge in [0.25, 0.3) is 70.9 Å². The first kappa shape index (κ1) is 84.9. The van der Waals surface area contributed by atoms with Gasteiger partial charge in [-0.3, -0.25) is 72.2 Å². The van der Waals surface area contributed by atoms with E-state index in [1.54, 1.807) is 130 Å². The molecule has 3 atom stereocenters. The number of hydrogen-bond donors (Lipinski definition) is 0. The van der Waals surface area contributed by atoms with Crippen molar-refractivity contribution in [1.82, 2.24) is 14.7 Å². The molecule has 6 aliphatic rings. The molecule has 0 fully saturated rings. The van der Waals surface area contributed by atoms with E-state index in [0.29, 0.717) is 113 Å². The van der Waals surface area contributed by atoms with E-state index < -0.39 is 130 Å². The minimum absolute atomic E-state index is 0.0707. The van der Waals surface area contributed by atoms with Gasteiger partial charge in [-0.2, -0.15) is 39.5 Å². The minimum Gasteiger partial charge on any atom is -0.379 e. The Morgan fingerprint density at radius 3 is 0.558 bits per heavy atom. The molecule has 0 saturated heterocycles. The number of benzene rings is 18. The van der Waals surface area contributed by atoms with E-state index in [4.69, 9.17) is 14.2 Å². The molecule has 0 radical (unpaired) electrons. The van der Waals surface area contributed by atoms with Crippen LogP contribution in [-0.2, 0) is 32.7 Å². The van der Waals surface area contributed by atoms with Crippen molar-refractivity contribution < 1.29 is 111 Å². The molecule has 0 aromatic heterocycles. The van der Waals surface area contributed by atoms with Gasteiger partial charge in [0.05, 0.1) is 91.5 Å². The number of amides is 12. The Balaban J connectivity index is 0.515. The summed E-state index contributed by atoms with van der Waals surface area (Å²) in [5.41, 5.74) is -3.64. The van der Waals surface area contributed by atoms with Gasteiger partial charge in [-0.1, -0.05) is 97.9 Å². The number of rotatable bonds is 19. The van der Waals surface area contributed by atoms with E-state index in [1.165, 1.54) is 54.6 Å². The zero-order valence-corrected chi connectivity index (χ0v) is 72.7. The van der Waals surface area contributed by atoms with E-state index in [1.807, 2.05) is 6.92 Å². The average Bonchev–Trinajstić information content (AvgIpc) is 0.693. The average molecular weight is 1860 g/mol. The van der Waals surface area contributed by atoms with Crippen LogP contribution in [0, 0.1) is 5.41 Å². The van der Waals surface area contributed by atoms with Crippen molar-refractivity contribution in [2.24, 2.45) is 5.41 Å². The quantitative estimate of drug-likeness (QED) is 0.0316. The third-order valence-corrected chi connectivity index (χ3v) is 28.7. The lowest BCUT2D eigenvalue weighted by Gasteiger charge is -2.37. The fourth-order valence-corrected chi connectivity index (χ4v) is 22.2. The number of anilines is 3. The van der Waals surface area contributed by atoms with Gasteiger partial charge < -0.3 is 14.2 Å². The Labute approximate surface area is 771 Å². The lowest BCUT2D eigenvalue weighted by molar-refractivity contribution is -0.138. The van der Waals surface area contributed by atoms with Crippen molar-refractivity contribution in [2.75, 3.05) is 54.3 Å². The Hall–Kier alpha value is -16.1. The van der Waals surface area contributed by atoms with Gasteiger partial charge >= 0.3 is 18.5 Å².